The van der Waals surface area contributed by atoms with Crippen molar-refractivity contribution in [3.8, 4) is 0 Å². The Bertz CT molecular complexity index is 124. The maximum Gasteiger partial charge on any atom is 0.405 e. The third-order valence-electron chi connectivity index (χ3n) is 1.06. The molecule has 0 radical (unpaired) electrons. The Kier molecular flexibility index (Phi) is 2.77. The van der Waals surface area contributed by atoms with Crippen LogP contribution >= 0.6 is 0 Å². The Morgan fingerprint density at radius 2 is 1.90 bits per heavy atom. The molecule has 0 aromatic rings. The average Bonchev–Trinajstić information content (AvgIpc) is 1.83. The van der Waals surface area contributed by atoms with Crippen LogP contribution in [0.2, 0.25) is 0 Å². The van der Waals surface area contributed by atoms with E-state index >= 15 is 0 Å². The SMILES string of the molecule is CC(N=O)C(N)C(F)(F)F. The smallest absolute Gasteiger partial charge is 0.318 e. The van der Waals surface area contributed by atoms with E-state index in [1.165, 1.54) is 0 Å². The van der Waals surface area contributed by atoms with Gasteiger partial charge in [0.05, 0.1) is 0 Å². The van der Waals surface area contributed by atoms with Crippen LogP contribution in [-0.2, 0) is 0 Å². The van der Waals surface area contributed by atoms with Crippen LogP contribution in [0.5, 0.6) is 0 Å². The van der Waals surface area contributed by atoms with Gasteiger partial charge in [0.25, 0.3) is 0 Å². The van der Waals surface area contributed by atoms with E-state index in [9.17, 15) is 18.1 Å². The molecule has 0 heterocycles. The Morgan fingerprint density at radius 1 is 1.50 bits per heavy atom. The molecule has 0 saturated heterocycles. The second-order valence-corrected chi connectivity index (χ2v) is 1.91. The van der Waals surface area contributed by atoms with Crippen molar-refractivity contribution < 1.29 is 13.2 Å². The predicted molar refractivity (Wildman–Crippen MR) is 29.3 cm³/mol. The lowest BCUT2D eigenvalue weighted by Gasteiger charge is -2.16. The molecule has 0 fully saturated rings. The van der Waals surface area contributed by atoms with Crippen molar-refractivity contribution in [1.82, 2.24) is 0 Å². The lowest BCUT2D eigenvalue weighted by molar-refractivity contribution is -0.150. The molecule has 10 heavy (non-hydrogen) atoms. The highest BCUT2D eigenvalue weighted by molar-refractivity contribution is 4.80. The standard InChI is InChI=1S/C4H7F3N2O/c1-2(9-10)3(8)4(5,6)7/h2-3H,8H2,1H3. The molecule has 0 aliphatic carbocycles. The van der Waals surface area contributed by atoms with Crippen molar-refractivity contribution in [2.24, 2.45) is 10.9 Å². The minimum absolute atomic E-state index is 1.02. The molecule has 0 amide bonds. The molecule has 3 nitrogen and oxygen atoms in total. The number of hydrogen-bond acceptors (Lipinski definition) is 3. The summed E-state index contributed by atoms with van der Waals surface area (Å²) in [5.41, 5.74) is 4.59. The first-order valence-corrected chi connectivity index (χ1v) is 2.54. The Hall–Kier alpha value is -0.650. The second kappa shape index (κ2) is 2.96. The molecule has 0 aromatic heterocycles. The van der Waals surface area contributed by atoms with Crippen molar-refractivity contribution in [3.05, 3.63) is 4.91 Å². The van der Waals surface area contributed by atoms with E-state index in [1.54, 1.807) is 0 Å². The summed E-state index contributed by atoms with van der Waals surface area (Å²) < 4.78 is 34.7. The summed E-state index contributed by atoms with van der Waals surface area (Å²) in [7, 11) is 0. The zero-order valence-electron chi connectivity index (χ0n) is 5.22. The fourth-order valence-corrected chi connectivity index (χ4v) is 0.339. The molecule has 2 atom stereocenters. The van der Waals surface area contributed by atoms with Gasteiger partial charge in [0.1, 0.15) is 12.1 Å². The summed E-state index contributed by atoms with van der Waals surface area (Å²) in [6.07, 6.45) is -4.53. The first kappa shape index (κ1) is 9.35. The minimum atomic E-state index is -4.53. The van der Waals surface area contributed by atoms with Gasteiger partial charge >= 0.3 is 6.18 Å². The maximum absolute atomic E-state index is 11.6. The van der Waals surface area contributed by atoms with Crippen LogP contribution < -0.4 is 5.73 Å². The van der Waals surface area contributed by atoms with E-state index in [0.29, 0.717) is 0 Å². The van der Waals surface area contributed by atoms with E-state index in [2.05, 4.69) is 10.9 Å². The van der Waals surface area contributed by atoms with Gasteiger partial charge in [-0.25, -0.2) is 0 Å². The largest absolute Gasteiger partial charge is 0.405 e. The lowest BCUT2D eigenvalue weighted by Crippen LogP contribution is -2.44. The van der Waals surface area contributed by atoms with Crippen molar-refractivity contribution in [2.45, 2.75) is 25.2 Å². The summed E-state index contributed by atoms with van der Waals surface area (Å²) >= 11 is 0. The van der Waals surface area contributed by atoms with Gasteiger partial charge in [0, 0.05) is 0 Å². The highest BCUT2D eigenvalue weighted by Crippen LogP contribution is 2.21. The molecule has 2 N–H and O–H groups in total. The molecule has 0 aliphatic rings. The average molecular weight is 156 g/mol. The molecule has 0 aliphatic heterocycles. The summed E-state index contributed by atoms with van der Waals surface area (Å²) in [6.45, 7) is 1.02. The van der Waals surface area contributed by atoms with E-state index in [1.807, 2.05) is 0 Å². The highest BCUT2D eigenvalue weighted by atomic mass is 19.4. The normalized spacial score (nSPS) is 18.1. The van der Waals surface area contributed by atoms with Crippen LogP contribution in [0.15, 0.2) is 5.18 Å². The van der Waals surface area contributed by atoms with Gasteiger partial charge < -0.3 is 5.73 Å². The van der Waals surface area contributed by atoms with Crippen molar-refractivity contribution in [1.29, 1.82) is 0 Å². The molecule has 0 bridgehead atoms. The monoisotopic (exact) mass is 156 g/mol. The number of rotatable bonds is 2. The number of alkyl halides is 3. The fourth-order valence-electron chi connectivity index (χ4n) is 0.339. The van der Waals surface area contributed by atoms with Gasteiger partial charge in [-0.15, -0.1) is 0 Å². The number of nitroso groups, excluding NO2 is 1. The Balaban J connectivity index is 4.07. The van der Waals surface area contributed by atoms with Gasteiger partial charge in [0.2, 0.25) is 0 Å². The summed E-state index contributed by atoms with van der Waals surface area (Å²) in [5.74, 6) is 0. The molecule has 2 unspecified atom stereocenters. The van der Waals surface area contributed by atoms with E-state index < -0.39 is 18.3 Å². The summed E-state index contributed by atoms with van der Waals surface area (Å²) in [5, 5.41) is 2.16. The summed E-state index contributed by atoms with van der Waals surface area (Å²) in [6, 6.07) is -3.56. The van der Waals surface area contributed by atoms with E-state index in [-0.39, 0.29) is 0 Å². The Morgan fingerprint density at radius 3 is 2.00 bits per heavy atom. The van der Waals surface area contributed by atoms with Crippen LogP contribution in [0.3, 0.4) is 0 Å². The van der Waals surface area contributed by atoms with Crippen LogP contribution in [0.4, 0.5) is 13.2 Å². The van der Waals surface area contributed by atoms with Gasteiger partial charge in [-0.2, -0.15) is 18.1 Å². The van der Waals surface area contributed by atoms with Crippen molar-refractivity contribution >= 4 is 0 Å². The summed E-state index contributed by atoms with van der Waals surface area (Å²) in [4.78, 5) is 9.56. The predicted octanol–water partition coefficient (Wildman–Crippen LogP) is 1.03. The number of halogens is 3. The fraction of sp³-hybridized carbons (Fsp3) is 1.00. The zero-order valence-corrected chi connectivity index (χ0v) is 5.22. The van der Waals surface area contributed by atoms with Crippen molar-refractivity contribution in [2.75, 3.05) is 0 Å². The van der Waals surface area contributed by atoms with E-state index in [4.69, 9.17) is 0 Å². The van der Waals surface area contributed by atoms with Gasteiger partial charge in [-0.1, -0.05) is 5.18 Å². The molecule has 0 rings (SSSR count). The maximum atomic E-state index is 11.6. The van der Waals surface area contributed by atoms with Crippen LogP contribution in [-0.4, -0.2) is 18.3 Å². The van der Waals surface area contributed by atoms with E-state index in [0.717, 1.165) is 6.92 Å². The topological polar surface area (TPSA) is 55.5 Å². The molecule has 0 aromatic carbocycles. The lowest BCUT2D eigenvalue weighted by atomic mass is 10.2. The zero-order chi connectivity index (χ0) is 8.36. The first-order valence-electron chi connectivity index (χ1n) is 2.54. The third kappa shape index (κ3) is 2.30. The van der Waals surface area contributed by atoms with Crippen LogP contribution in [0.1, 0.15) is 6.92 Å². The van der Waals surface area contributed by atoms with Crippen LogP contribution in [0.25, 0.3) is 0 Å². The molecule has 0 spiro atoms. The molecular formula is C4H7F3N2O. The first-order chi connectivity index (χ1) is 4.39. The number of nitrogens with two attached hydrogens (primary N) is 1. The number of hydrogen-bond donors (Lipinski definition) is 1. The number of nitrogens with zero attached hydrogens (tertiary/aromatic N) is 1. The third-order valence-corrected chi connectivity index (χ3v) is 1.06. The van der Waals surface area contributed by atoms with Crippen molar-refractivity contribution in [3.63, 3.8) is 0 Å². The quantitative estimate of drug-likeness (QED) is 0.607. The highest BCUT2D eigenvalue weighted by Gasteiger charge is 2.40. The molecule has 6 heteroatoms. The van der Waals surface area contributed by atoms with Crippen LogP contribution in [0, 0.1) is 4.91 Å². The second-order valence-electron chi connectivity index (χ2n) is 1.91. The minimum Gasteiger partial charge on any atom is -0.318 e. The van der Waals surface area contributed by atoms with Gasteiger partial charge in [-0.05, 0) is 6.92 Å². The molecule has 0 saturated carbocycles. The molecular weight excluding hydrogens is 149 g/mol. The van der Waals surface area contributed by atoms with Gasteiger partial charge in [0.15, 0.2) is 0 Å². The molecule has 60 valence electrons. The Labute approximate surface area is 55.4 Å². The van der Waals surface area contributed by atoms with Gasteiger partial charge in [-0.3, -0.25) is 0 Å².